The Morgan fingerprint density at radius 1 is 1.33 bits per heavy atom. The van der Waals surface area contributed by atoms with E-state index in [1.165, 1.54) is 0 Å². The van der Waals surface area contributed by atoms with Gasteiger partial charge in [-0.05, 0) is 37.8 Å². The number of hydrogen-bond acceptors (Lipinski definition) is 8. The summed E-state index contributed by atoms with van der Waals surface area (Å²) in [5.41, 5.74) is 0.928. The van der Waals surface area contributed by atoms with E-state index in [0.29, 0.717) is 29.8 Å². The minimum Gasteiger partial charge on any atom is -0.488 e. The van der Waals surface area contributed by atoms with Gasteiger partial charge in [-0.1, -0.05) is 11.3 Å². The zero-order valence-corrected chi connectivity index (χ0v) is 17.9. The van der Waals surface area contributed by atoms with Crippen molar-refractivity contribution in [2.24, 2.45) is 0 Å². The van der Waals surface area contributed by atoms with Crippen molar-refractivity contribution in [1.82, 2.24) is 24.3 Å². The first kappa shape index (κ1) is 20.1. The maximum absolute atomic E-state index is 13.0. The molecule has 11 heteroatoms. The summed E-state index contributed by atoms with van der Waals surface area (Å²) in [6.07, 6.45) is 4.99. The van der Waals surface area contributed by atoms with Gasteiger partial charge in [-0.15, -0.1) is 10.2 Å². The Kier molecular flexibility index (Phi) is 5.38. The second-order valence-electron chi connectivity index (χ2n) is 7.82. The standard InChI is InChI=1S/C19H21F2N5O2S2/c1-19(4-5-19)25-30-12-8-14(28-11-2-6-27-7-3-11)13-9-22-16(26(13)10-12)18-24-23-17(29-18)15(20)21/h8-11,15,25H,2-7H2,1H3. The SMILES string of the molecule is CC1(NSc2cc(OC3CCOCC3)c3cnc(-c4nnc(C(F)F)s4)n3c2)CC1. The predicted octanol–water partition coefficient (Wildman–Crippen LogP) is 4.50. The lowest BCUT2D eigenvalue weighted by Gasteiger charge is -2.24. The van der Waals surface area contributed by atoms with Crippen molar-refractivity contribution in [2.45, 2.75) is 55.6 Å². The van der Waals surface area contributed by atoms with Crippen LogP contribution in [0.25, 0.3) is 16.3 Å². The first-order valence-electron chi connectivity index (χ1n) is 9.82. The van der Waals surface area contributed by atoms with Crippen molar-refractivity contribution >= 4 is 28.8 Å². The van der Waals surface area contributed by atoms with Crippen LogP contribution in [0.3, 0.4) is 0 Å². The van der Waals surface area contributed by atoms with Crippen LogP contribution >= 0.6 is 23.3 Å². The third kappa shape index (κ3) is 4.16. The van der Waals surface area contributed by atoms with Crippen LogP contribution in [0.5, 0.6) is 5.75 Å². The number of fused-ring (bicyclic) bond motifs is 1. The second kappa shape index (κ2) is 8.03. The summed E-state index contributed by atoms with van der Waals surface area (Å²) in [4.78, 5) is 5.40. The lowest BCUT2D eigenvalue weighted by atomic mass is 10.1. The van der Waals surface area contributed by atoms with Crippen LogP contribution in [0.2, 0.25) is 0 Å². The molecule has 30 heavy (non-hydrogen) atoms. The van der Waals surface area contributed by atoms with E-state index in [1.54, 1.807) is 18.1 Å². The molecule has 0 aromatic carbocycles. The number of pyridine rings is 1. The quantitative estimate of drug-likeness (QED) is 0.528. The van der Waals surface area contributed by atoms with E-state index in [4.69, 9.17) is 9.47 Å². The molecule has 1 N–H and O–H groups in total. The van der Waals surface area contributed by atoms with E-state index >= 15 is 0 Å². The van der Waals surface area contributed by atoms with Crippen molar-refractivity contribution in [3.63, 3.8) is 0 Å². The Balaban J connectivity index is 1.51. The van der Waals surface area contributed by atoms with E-state index in [2.05, 4.69) is 26.8 Å². The fourth-order valence-corrected chi connectivity index (χ4v) is 4.79. The van der Waals surface area contributed by atoms with Crippen molar-refractivity contribution in [2.75, 3.05) is 13.2 Å². The summed E-state index contributed by atoms with van der Waals surface area (Å²) < 4.78 is 43.1. The molecule has 0 spiro atoms. The number of rotatable bonds is 7. The van der Waals surface area contributed by atoms with Gasteiger partial charge in [0.05, 0.1) is 19.4 Å². The number of hydrogen-bond donors (Lipinski definition) is 1. The van der Waals surface area contributed by atoms with Gasteiger partial charge in [-0.3, -0.25) is 9.12 Å². The average molecular weight is 454 g/mol. The number of nitrogens with zero attached hydrogens (tertiary/aromatic N) is 4. The van der Waals surface area contributed by atoms with Crippen molar-refractivity contribution in [3.05, 3.63) is 23.5 Å². The van der Waals surface area contributed by atoms with Crippen LogP contribution in [0.1, 0.15) is 44.0 Å². The summed E-state index contributed by atoms with van der Waals surface area (Å²) >= 11 is 2.40. The molecule has 1 aliphatic carbocycles. The summed E-state index contributed by atoms with van der Waals surface area (Å²) in [6, 6.07) is 2.00. The van der Waals surface area contributed by atoms with Gasteiger partial charge < -0.3 is 9.47 Å². The predicted molar refractivity (Wildman–Crippen MR) is 110 cm³/mol. The van der Waals surface area contributed by atoms with Gasteiger partial charge in [0, 0.05) is 29.5 Å². The fraction of sp³-hybridized carbons (Fsp3) is 0.526. The number of nitrogens with one attached hydrogen (secondary N) is 1. The topological polar surface area (TPSA) is 73.6 Å². The third-order valence-corrected chi connectivity index (χ3v) is 7.26. The minimum absolute atomic E-state index is 0.0713. The van der Waals surface area contributed by atoms with E-state index in [1.807, 2.05) is 16.7 Å². The molecule has 1 saturated heterocycles. The smallest absolute Gasteiger partial charge is 0.291 e. The van der Waals surface area contributed by atoms with Gasteiger partial charge in [-0.2, -0.15) is 0 Å². The van der Waals surface area contributed by atoms with E-state index < -0.39 is 6.43 Å². The van der Waals surface area contributed by atoms with Crippen LogP contribution in [0.15, 0.2) is 23.4 Å². The Labute approximate surface area is 180 Å². The Bertz CT molecular complexity index is 1050. The van der Waals surface area contributed by atoms with E-state index in [-0.39, 0.29) is 16.7 Å². The van der Waals surface area contributed by atoms with Crippen molar-refractivity contribution in [1.29, 1.82) is 0 Å². The molecule has 0 radical (unpaired) electrons. The maximum atomic E-state index is 13.0. The van der Waals surface area contributed by atoms with Crippen LogP contribution in [0.4, 0.5) is 8.78 Å². The number of alkyl halides is 2. The van der Waals surface area contributed by atoms with Gasteiger partial charge in [0.15, 0.2) is 15.8 Å². The van der Waals surface area contributed by atoms with Crippen molar-refractivity contribution in [3.8, 4) is 16.6 Å². The van der Waals surface area contributed by atoms with Gasteiger partial charge in [0.1, 0.15) is 17.4 Å². The van der Waals surface area contributed by atoms with Crippen LogP contribution in [-0.4, -0.2) is 44.4 Å². The molecule has 5 rings (SSSR count). The zero-order valence-electron chi connectivity index (χ0n) is 16.3. The average Bonchev–Trinajstić information content (AvgIpc) is 3.13. The first-order valence-corrected chi connectivity index (χ1v) is 11.5. The fourth-order valence-electron chi connectivity index (χ4n) is 3.21. The van der Waals surface area contributed by atoms with Crippen LogP contribution < -0.4 is 9.46 Å². The highest BCUT2D eigenvalue weighted by Crippen LogP contribution is 2.39. The monoisotopic (exact) mass is 453 g/mol. The molecule has 1 aliphatic heterocycles. The van der Waals surface area contributed by atoms with Gasteiger partial charge in [0.25, 0.3) is 6.43 Å². The molecule has 0 bridgehead atoms. The van der Waals surface area contributed by atoms with Crippen LogP contribution in [0, 0.1) is 0 Å². The lowest BCUT2D eigenvalue weighted by molar-refractivity contribution is 0.0259. The lowest BCUT2D eigenvalue weighted by Crippen LogP contribution is -2.26. The summed E-state index contributed by atoms with van der Waals surface area (Å²) in [6.45, 7) is 3.55. The highest BCUT2D eigenvalue weighted by atomic mass is 32.2. The molecule has 1 saturated carbocycles. The summed E-state index contributed by atoms with van der Waals surface area (Å²) in [5, 5.41) is 7.56. The van der Waals surface area contributed by atoms with Crippen molar-refractivity contribution < 1.29 is 18.3 Å². The molecule has 0 atom stereocenters. The number of halogens is 2. The summed E-state index contributed by atoms with van der Waals surface area (Å²) in [7, 11) is 0. The van der Waals surface area contributed by atoms with Crippen LogP contribution in [-0.2, 0) is 4.74 Å². The molecule has 3 aromatic heterocycles. The normalized spacial score (nSPS) is 18.9. The molecule has 2 fully saturated rings. The highest BCUT2D eigenvalue weighted by molar-refractivity contribution is 7.97. The summed E-state index contributed by atoms with van der Waals surface area (Å²) in [5.74, 6) is 1.19. The number of ether oxygens (including phenoxy) is 2. The van der Waals surface area contributed by atoms with Gasteiger partial charge >= 0.3 is 0 Å². The molecule has 4 heterocycles. The molecular formula is C19H21F2N5O2S2. The largest absolute Gasteiger partial charge is 0.488 e. The van der Waals surface area contributed by atoms with E-state index in [0.717, 1.165) is 47.4 Å². The Morgan fingerprint density at radius 2 is 2.13 bits per heavy atom. The molecule has 0 unspecified atom stereocenters. The molecule has 3 aromatic rings. The molecule has 160 valence electrons. The zero-order chi connectivity index (χ0) is 20.7. The Hall–Kier alpha value is -1.82. The molecule has 0 amide bonds. The van der Waals surface area contributed by atoms with E-state index in [9.17, 15) is 8.78 Å². The first-order chi connectivity index (χ1) is 14.5. The maximum Gasteiger partial charge on any atom is 0.291 e. The molecule has 7 nitrogen and oxygen atoms in total. The minimum atomic E-state index is -2.65. The van der Waals surface area contributed by atoms with Gasteiger partial charge in [-0.25, -0.2) is 13.8 Å². The number of imidazole rings is 1. The molecule has 2 aliphatic rings. The Morgan fingerprint density at radius 3 is 2.83 bits per heavy atom. The molecular weight excluding hydrogens is 432 g/mol. The highest BCUT2D eigenvalue weighted by Gasteiger charge is 2.37. The number of aromatic nitrogens is 4. The third-order valence-electron chi connectivity index (χ3n) is 5.27. The second-order valence-corrected chi connectivity index (χ2v) is 9.71. The van der Waals surface area contributed by atoms with Gasteiger partial charge in [0.2, 0.25) is 0 Å².